The number of hydrogen-bond donors (Lipinski definition) is 1. The van der Waals surface area contributed by atoms with Crippen molar-refractivity contribution in [1.29, 1.82) is 0 Å². The molecule has 1 nitrogen and oxygen atoms in total. The van der Waals surface area contributed by atoms with E-state index in [1.165, 1.54) is 29.3 Å². The van der Waals surface area contributed by atoms with Crippen molar-refractivity contribution in [2.75, 3.05) is 7.05 Å². The summed E-state index contributed by atoms with van der Waals surface area (Å²) in [6, 6.07) is 29.6. The van der Waals surface area contributed by atoms with Crippen molar-refractivity contribution >= 4 is 0 Å². The third kappa shape index (κ3) is 3.34. The molecule has 0 fully saturated rings. The second-order valence-corrected chi connectivity index (χ2v) is 4.31. The highest BCUT2D eigenvalue weighted by Gasteiger charge is 1.98. The van der Waals surface area contributed by atoms with Gasteiger partial charge < -0.3 is 5.73 Å². The Morgan fingerprint density at radius 2 is 0.650 bits per heavy atom. The molecule has 0 saturated carbocycles. The first-order chi connectivity index (χ1) is 9.93. The molecule has 0 aliphatic rings. The Hall–Kier alpha value is -2.38. The molecule has 2 N–H and O–H groups in total. The highest BCUT2D eigenvalue weighted by Crippen LogP contribution is 2.24. The summed E-state index contributed by atoms with van der Waals surface area (Å²) >= 11 is 0. The van der Waals surface area contributed by atoms with Gasteiger partial charge in [-0.25, -0.2) is 0 Å². The lowest BCUT2D eigenvalue weighted by molar-refractivity contribution is 1.48. The number of nitrogens with two attached hydrogens (primary N) is 1. The molecule has 0 atom stereocenters. The van der Waals surface area contributed by atoms with Gasteiger partial charge >= 0.3 is 0 Å². The lowest BCUT2D eigenvalue weighted by atomic mass is 10.0. The summed E-state index contributed by atoms with van der Waals surface area (Å²) in [5.74, 6) is 0. The third-order valence-electron chi connectivity index (χ3n) is 3.10. The van der Waals surface area contributed by atoms with Crippen LogP contribution < -0.4 is 5.73 Å². The molecular weight excluding hydrogens is 242 g/mol. The van der Waals surface area contributed by atoms with Crippen LogP contribution in [0.2, 0.25) is 0 Å². The fourth-order valence-electron chi connectivity index (χ4n) is 2.12. The Morgan fingerprint density at radius 3 is 0.950 bits per heavy atom. The van der Waals surface area contributed by atoms with Gasteiger partial charge in [-0.1, -0.05) is 84.9 Å². The first-order valence-corrected chi connectivity index (χ1v) is 6.72. The van der Waals surface area contributed by atoms with Crippen LogP contribution in [0.3, 0.4) is 0 Å². The molecule has 3 aromatic rings. The van der Waals surface area contributed by atoms with E-state index in [1.54, 1.807) is 0 Å². The third-order valence-corrected chi connectivity index (χ3v) is 3.10. The molecule has 0 aromatic heterocycles. The topological polar surface area (TPSA) is 26.0 Å². The van der Waals surface area contributed by atoms with E-state index < -0.39 is 0 Å². The van der Waals surface area contributed by atoms with Gasteiger partial charge in [0.1, 0.15) is 0 Å². The molecule has 0 radical (unpaired) electrons. The second-order valence-electron chi connectivity index (χ2n) is 4.31. The van der Waals surface area contributed by atoms with Crippen molar-refractivity contribution in [1.82, 2.24) is 0 Å². The van der Waals surface area contributed by atoms with E-state index in [9.17, 15) is 0 Å². The van der Waals surface area contributed by atoms with E-state index in [4.69, 9.17) is 0 Å². The van der Waals surface area contributed by atoms with Gasteiger partial charge in [0.05, 0.1) is 0 Å². The van der Waals surface area contributed by atoms with Crippen LogP contribution in [-0.2, 0) is 0 Å². The summed E-state index contributed by atoms with van der Waals surface area (Å²) in [7, 11) is 1.50. The molecule has 3 aromatic carbocycles. The zero-order valence-corrected chi connectivity index (χ0v) is 11.7. The zero-order chi connectivity index (χ0) is 14.2. The maximum atomic E-state index is 4.50. The van der Waals surface area contributed by atoms with Crippen molar-refractivity contribution in [3.63, 3.8) is 0 Å². The zero-order valence-electron chi connectivity index (χ0n) is 11.7. The van der Waals surface area contributed by atoms with Crippen molar-refractivity contribution < 1.29 is 0 Å². The summed E-state index contributed by atoms with van der Waals surface area (Å²) in [4.78, 5) is 0. The van der Waals surface area contributed by atoms with Crippen LogP contribution in [0.1, 0.15) is 0 Å². The van der Waals surface area contributed by atoms with E-state index in [-0.39, 0.29) is 0 Å². The molecule has 0 unspecified atom stereocenters. The van der Waals surface area contributed by atoms with E-state index >= 15 is 0 Å². The van der Waals surface area contributed by atoms with Crippen molar-refractivity contribution in [2.45, 2.75) is 0 Å². The molecular formula is C19H19N. The van der Waals surface area contributed by atoms with Crippen molar-refractivity contribution in [2.24, 2.45) is 5.73 Å². The summed E-state index contributed by atoms with van der Waals surface area (Å²) in [6.45, 7) is 0. The predicted molar refractivity (Wildman–Crippen MR) is 87.4 cm³/mol. The van der Waals surface area contributed by atoms with E-state index in [2.05, 4.69) is 78.5 Å². The van der Waals surface area contributed by atoms with Crippen LogP contribution >= 0.6 is 0 Å². The highest BCUT2D eigenvalue weighted by molar-refractivity contribution is 5.70. The minimum Gasteiger partial charge on any atom is -0.333 e. The molecule has 100 valence electrons. The quantitative estimate of drug-likeness (QED) is 0.717. The SMILES string of the molecule is CN.c1ccc(-c2ccc(-c3ccccc3)cc2)cc1. The lowest BCUT2D eigenvalue weighted by Gasteiger charge is -2.04. The Balaban J connectivity index is 0.000000704. The fourth-order valence-corrected chi connectivity index (χ4v) is 2.12. The van der Waals surface area contributed by atoms with Crippen LogP contribution in [0.15, 0.2) is 84.9 Å². The molecule has 0 spiro atoms. The summed E-state index contributed by atoms with van der Waals surface area (Å²) in [5, 5.41) is 0. The highest BCUT2D eigenvalue weighted by atomic mass is 14.4. The molecule has 0 heterocycles. The van der Waals surface area contributed by atoms with Gasteiger partial charge in [0, 0.05) is 0 Å². The minimum atomic E-state index is 1.26. The maximum Gasteiger partial charge on any atom is -0.0184 e. The standard InChI is InChI=1S/C18H14.CH5N/c1-3-7-15(8-4-1)17-11-13-18(14-12-17)16-9-5-2-6-10-16;1-2/h1-14H;2H2,1H3. The molecule has 0 bridgehead atoms. The minimum absolute atomic E-state index is 1.26. The van der Waals surface area contributed by atoms with Crippen LogP contribution in [0, 0.1) is 0 Å². The first kappa shape index (κ1) is 14.0. The monoisotopic (exact) mass is 261 g/mol. The van der Waals surface area contributed by atoms with Gasteiger partial charge in [0.25, 0.3) is 0 Å². The van der Waals surface area contributed by atoms with Gasteiger partial charge in [0.15, 0.2) is 0 Å². The smallest absolute Gasteiger partial charge is 0.0184 e. The van der Waals surface area contributed by atoms with Crippen molar-refractivity contribution in [3.05, 3.63) is 84.9 Å². The Kier molecular flexibility index (Phi) is 5.10. The number of rotatable bonds is 2. The normalized spacial score (nSPS) is 9.50. The maximum absolute atomic E-state index is 4.50. The summed E-state index contributed by atoms with van der Waals surface area (Å²) < 4.78 is 0. The Bertz CT molecular complexity index is 554. The molecule has 0 aliphatic heterocycles. The van der Waals surface area contributed by atoms with Crippen LogP contribution in [0.25, 0.3) is 22.3 Å². The first-order valence-electron chi connectivity index (χ1n) is 6.72. The molecule has 0 amide bonds. The largest absolute Gasteiger partial charge is 0.333 e. The fraction of sp³-hybridized carbons (Fsp3) is 0.0526. The van der Waals surface area contributed by atoms with Crippen LogP contribution in [0.5, 0.6) is 0 Å². The molecule has 1 heteroatoms. The Labute approximate surface area is 120 Å². The summed E-state index contributed by atoms with van der Waals surface area (Å²) in [6.07, 6.45) is 0. The lowest BCUT2D eigenvalue weighted by Crippen LogP contribution is -1.79. The van der Waals surface area contributed by atoms with Crippen molar-refractivity contribution in [3.8, 4) is 22.3 Å². The molecule has 3 rings (SSSR count). The molecule has 20 heavy (non-hydrogen) atoms. The second kappa shape index (κ2) is 7.27. The van der Waals surface area contributed by atoms with E-state index in [1.807, 2.05) is 12.1 Å². The average molecular weight is 261 g/mol. The summed E-state index contributed by atoms with van der Waals surface area (Å²) in [5.41, 5.74) is 9.54. The van der Waals surface area contributed by atoms with Gasteiger partial charge in [-0.15, -0.1) is 0 Å². The van der Waals surface area contributed by atoms with Gasteiger partial charge in [0.2, 0.25) is 0 Å². The van der Waals surface area contributed by atoms with Gasteiger partial charge in [-0.3, -0.25) is 0 Å². The number of hydrogen-bond acceptors (Lipinski definition) is 1. The average Bonchev–Trinajstić information content (AvgIpc) is 2.58. The van der Waals surface area contributed by atoms with E-state index in [0.717, 1.165) is 0 Å². The predicted octanol–water partition coefficient (Wildman–Crippen LogP) is 4.60. The number of benzene rings is 3. The van der Waals surface area contributed by atoms with E-state index in [0.29, 0.717) is 0 Å². The molecule has 0 saturated heterocycles. The Morgan fingerprint density at radius 1 is 0.400 bits per heavy atom. The van der Waals surface area contributed by atoms with Crippen LogP contribution in [-0.4, -0.2) is 7.05 Å². The van der Waals surface area contributed by atoms with Gasteiger partial charge in [-0.2, -0.15) is 0 Å². The van der Waals surface area contributed by atoms with Crippen LogP contribution in [0.4, 0.5) is 0 Å². The van der Waals surface area contributed by atoms with Gasteiger partial charge in [-0.05, 0) is 29.3 Å². The molecule has 0 aliphatic carbocycles.